The highest BCUT2D eigenvalue weighted by molar-refractivity contribution is 14.0. The van der Waals surface area contributed by atoms with Crippen LogP contribution >= 0.6 is 24.0 Å². The average molecular weight is 562 g/mol. The molecule has 0 atom stereocenters. The molecule has 1 aliphatic heterocycles. The van der Waals surface area contributed by atoms with Gasteiger partial charge in [0.25, 0.3) is 0 Å². The van der Waals surface area contributed by atoms with Crippen molar-refractivity contribution in [3.05, 3.63) is 60.2 Å². The molecule has 3 aromatic rings. The van der Waals surface area contributed by atoms with Crippen LogP contribution in [0.15, 0.2) is 53.9 Å². The van der Waals surface area contributed by atoms with E-state index in [0.717, 1.165) is 49.0 Å². The summed E-state index contributed by atoms with van der Waals surface area (Å²) in [5.41, 5.74) is 4.20. The molecule has 9 nitrogen and oxygen atoms in total. The lowest BCUT2D eigenvalue weighted by molar-refractivity contribution is -0.120. The quantitative estimate of drug-likeness (QED) is 0.216. The molecule has 1 saturated heterocycles. The molecule has 33 heavy (non-hydrogen) atoms. The van der Waals surface area contributed by atoms with Crippen LogP contribution in [0.4, 0.5) is 5.69 Å². The molecular formula is C23H31IN8O. The van der Waals surface area contributed by atoms with Crippen LogP contribution in [0.5, 0.6) is 0 Å². The fraction of sp³-hybridized carbons (Fsp3) is 0.391. The highest BCUT2D eigenvalue weighted by atomic mass is 127. The largest absolute Gasteiger partial charge is 0.356 e. The third kappa shape index (κ3) is 5.92. The predicted molar refractivity (Wildman–Crippen MR) is 141 cm³/mol. The van der Waals surface area contributed by atoms with Gasteiger partial charge in [-0.2, -0.15) is 10.2 Å². The van der Waals surface area contributed by atoms with Gasteiger partial charge >= 0.3 is 0 Å². The lowest BCUT2D eigenvalue weighted by Crippen LogP contribution is -2.55. The van der Waals surface area contributed by atoms with Crippen molar-refractivity contribution in [2.24, 2.45) is 12.0 Å². The van der Waals surface area contributed by atoms with Gasteiger partial charge in [0.1, 0.15) is 6.54 Å². The zero-order valence-electron chi connectivity index (χ0n) is 19.3. The minimum absolute atomic E-state index is 0. The van der Waals surface area contributed by atoms with E-state index in [1.165, 1.54) is 5.56 Å². The fourth-order valence-corrected chi connectivity index (χ4v) is 3.94. The zero-order chi connectivity index (χ0) is 22.5. The molecule has 1 N–H and O–H groups in total. The second kappa shape index (κ2) is 11.3. The molecule has 10 heteroatoms. The SMILES string of the molecule is CN=C(NCCCc1cn(-c2ccccc2)nc1C)N1CCN(c2cnn(C)c2)C(=O)C1.I. The number of anilines is 1. The molecule has 0 saturated carbocycles. The Hall–Kier alpha value is -2.89. The molecule has 1 amide bonds. The number of benzene rings is 1. The van der Waals surface area contributed by atoms with Crippen LogP contribution < -0.4 is 10.2 Å². The normalized spacial score (nSPS) is 14.4. The molecule has 1 aromatic carbocycles. The van der Waals surface area contributed by atoms with Crippen molar-refractivity contribution in [3.8, 4) is 5.69 Å². The molecule has 0 bridgehead atoms. The van der Waals surface area contributed by atoms with Crippen molar-refractivity contribution >= 4 is 41.5 Å². The molecule has 0 aliphatic carbocycles. The van der Waals surface area contributed by atoms with Gasteiger partial charge in [0.15, 0.2) is 5.96 Å². The topological polar surface area (TPSA) is 83.6 Å². The van der Waals surface area contributed by atoms with E-state index in [4.69, 9.17) is 0 Å². The molecule has 1 fully saturated rings. The third-order valence-electron chi connectivity index (χ3n) is 5.66. The smallest absolute Gasteiger partial charge is 0.246 e. The lowest BCUT2D eigenvalue weighted by atomic mass is 10.1. The summed E-state index contributed by atoms with van der Waals surface area (Å²) in [6, 6.07) is 10.1. The maximum absolute atomic E-state index is 12.7. The number of nitrogens with zero attached hydrogens (tertiary/aromatic N) is 7. The second-order valence-corrected chi connectivity index (χ2v) is 7.94. The van der Waals surface area contributed by atoms with Crippen LogP contribution in [-0.4, -0.2) is 69.6 Å². The number of carbonyl (C=O) groups excluding carboxylic acids is 1. The van der Waals surface area contributed by atoms with Gasteiger partial charge in [-0.15, -0.1) is 24.0 Å². The first-order valence-corrected chi connectivity index (χ1v) is 10.9. The van der Waals surface area contributed by atoms with Crippen LogP contribution in [0.3, 0.4) is 0 Å². The van der Waals surface area contributed by atoms with Gasteiger partial charge in [-0.1, -0.05) is 18.2 Å². The van der Waals surface area contributed by atoms with E-state index < -0.39 is 0 Å². The van der Waals surface area contributed by atoms with E-state index in [1.54, 1.807) is 22.8 Å². The number of aliphatic imine (C=N–C) groups is 1. The first-order valence-electron chi connectivity index (χ1n) is 10.9. The van der Waals surface area contributed by atoms with Gasteiger partial charge in [-0.05, 0) is 37.5 Å². The number of hydrogen-bond acceptors (Lipinski definition) is 4. The molecule has 176 valence electrons. The second-order valence-electron chi connectivity index (χ2n) is 7.94. The summed E-state index contributed by atoms with van der Waals surface area (Å²) in [5, 5.41) is 12.2. The van der Waals surface area contributed by atoms with E-state index in [2.05, 4.69) is 45.8 Å². The molecule has 0 radical (unpaired) electrons. The van der Waals surface area contributed by atoms with Crippen molar-refractivity contribution in [2.75, 3.05) is 38.1 Å². The number of hydrogen-bond donors (Lipinski definition) is 1. The Morgan fingerprint density at radius 2 is 1.94 bits per heavy atom. The summed E-state index contributed by atoms with van der Waals surface area (Å²) < 4.78 is 3.64. The van der Waals surface area contributed by atoms with Crippen molar-refractivity contribution in [3.63, 3.8) is 0 Å². The highest BCUT2D eigenvalue weighted by Crippen LogP contribution is 2.16. The average Bonchev–Trinajstić information content (AvgIpc) is 3.40. The monoisotopic (exact) mass is 562 g/mol. The fourth-order valence-electron chi connectivity index (χ4n) is 3.94. The number of piperazine rings is 1. The van der Waals surface area contributed by atoms with Gasteiger partial charge in [-0.25, -0.2) is 4.68 Å². The first kappa shape index (κ1) is 24.7. The standard InChI is InChI=1S/C23H30N8O.HI/c1-18-19(15-31(27-18)20-9-5-4-6-10-20)8-7-11-25-23(24-2)29-12-13-30(22(32)17-29)21-14-26-28(3)16-21;/h4-6,9-10,14-16H,7-8,11-13,17H2,1-3H3,(H,24,25);1H. The van der Waals surface area contributed by atoms with E-state index >= 15 is 0 Å². The van der Waals surface area contributed by atoms with Crippen molar-refractivity contribution in [1.82, 2.24) is 29.8 Å². The number of nitrogens with one attached hydrogen (secondary N) is 1. The van der Waals surface area contributed by atoms with Crippen molar-refractivity contribution in [1.29, 1.82) is 0 Å². The van der Waals surface area contributed by atoms with Crippen LogP contribution in [0.1, 0.15) is 17.7 Å². The molecular weight excluding hydrogens is 531 g/mol. The van der Waals surface area contributed by atoms with Crippen LogP contribution in [-0.2, 0) is 18.3 Å². The molecule has 0 spiro atoms. The molecule has 1 aliphatic rings. The van der Waals surface area contributed by atoms with Gasteiger partial charge in [0, 0.05) is 46.1 Å². The number of halogens is 1. The Kier molecular flexibility index (Phi) is 8.48. The Morgan fingerprint density at radius 3 is 2.61 bits per heavy atom. The highest BCUT2D eigenvalue weighted by Gasteiger charge is 2.27. The summed E-state index contributed by atoms with van der Waals surface area (Å²) in [6.45, 7) is 4.47. The third-order valence-corrected chi connectivity index (χ3v) is 5.66. The van der Waals surface area contributed by atoms with Gasteiger partial charge in [-0.3, -0.25) is 14.5 Å². The predicted octanol–water partition coefficient (Wildman–Crippen LogP) is 2.39. The van der Waals surface area contributed by atoms with Gasteiger partial charge in [0.2, 0.25) is 5.91 Å². The van der Waals surface area contributed by atoms with Crippen molar-refractivity contribution < 1.29 is 4.79 Å². The number of aryl methyl sites for hydroxylation is 3. The summed E-state index contributed by atoms with van der Waals surface area (Å²) in [6.07, 6.45) is 7.57. The maximum atomic E-state index is 12.7. The summed E-state index contributed by atoms with van der Waals surface area (Å²) in [5.74, 6) is 0.817. The summed E-state index contributed by atoms with van der Waals surface area (Å²) in [7, 11) is 3.61. The van der Waals surface area contributed by atoms with Gasteiger partial charge < -0.3 is 15.1 Å². The molecule has 0 unspecified atom stereocenters. The number of carbonyl (C=O) groups is 1. The number of aromatic nitrogens is 4. The Labute approximate surface area is 211 Å². The first-order chi connectivity index (χ1) is 15.5. The number of para-hydroxylation sites is 1. The van der Waals surface area contributed by atoms with E-state index in [1.807, 2.05) is 41.0 Å². The van der Waals surface area contributed by atoms with Crippen molar-refractivity contribution in [2.45, 2.75) is 19.8 Å². The minimum Gasteiger partial charge on any atom is -0.356 e. The Balaban J connectivity index is 0.00000306. The summed E-state index contributed by atoms with van der Waals surface area (Å²) >= 11 is 0. The van der Waals surface area contributed by atoms with Crippen LogP contribution in [0.25, 0.3) is 5.69 Å². The molecule has 2 aromatic heterocycles. The maximum Gasteiger partial charge on any atom is 0.246 e. The Morgan fingerprint density at radius 1 is 1.15 bits per heavy atom. The van der Waals surface area contributed by atoms with E-state index in [0.29, 0.717) is 13.1 Å². The van der Waals surface area contributed by atoms with Crippen LogP contribution in [0, 0.1) is 6.92 Å². The van der Waals surface area contributed by atoms with Crippen LogP contribution in [0.2, 0.25) is 0 Å². The Bertz CT molecular complexity index is 1090. The zero-order valence-corrected chi connectivity index (χ0v) is 21.6. The minimum atomic E-state index is 0. The molecule has 4 rings (SSSR count). The van der Waals surface area contributed by atoms with E-state index in [-0.39, 0.29) is 29.9 Å². The number of rotatable bonds is 6. The number of amides is 1. The van der Waals surface area contributed by atoms with Gasteiger partial charge in [0.05, 0.1) is 23.3 Å². The molecule has 3 heterocycles. The lowest BCUT2D eigenvalue weighted by Gasteiger charge is -2.35. The number of guanidine groups is 1. The summed E-state index contributed by atoms with van der Waals surface area (Å²) in [4.78, 5) is 20.8. The van der Waals surface area contributed by atoms with E-state index in [9.17, 15) is 4.79 Å².